The highest BCUT2D eigenvalue weighted by Gasteiger charge is 2.22. The molecule has 0 amide bonds. The van der Waals surface area contributed by atoms with Crippen molar-refractivity contribution in [3.8, 4) is 0 Å². The van der Waals surface area contributed by atoms with E-state index in [0.29, 0.717) is 12.0 Å². The molecular weight excluding hydrogens is 208 g/mol. The van der Waals surface area contributed by atoms with Crippen molar-refractivity contribution < 1.29 is 0 Å². The van der Waals surface area contributed by atoms with Crippen molar-refractivity contribution in [2.24, 2.45) is 21.6 Å². The van der Waals surface area contributed by atoms with Crippen LogP contribution in [0.4, 0.5) is 0 Å². The van der Waals surface area contributed by atoms with Crippen molar-refractivity contribution in [1.82, 2.24) is 5.32 Å². The maximum Gasteiger partial charge on any atom is 0.161 e. The first-order chi connectivity index (χ1) is 7.22. The van der Waals surface area contributed by atoms with Crippen LogP contribution in [0.1, 0.15) is 20.3 Å². The van der Waals surface area contributed by atoms with E-state index in [1.807, 2.05) is 6.26 Å². The number of rotatable bonds is 2. The Balaban J connectivity index is 2.95. The van der Waals surface area contributed by atoms with Crippen LogP contribution in [-0.2, 0) is 0 Å². The van der Waals surface area contributed by atoms with E-state index in [1.54, 1.807) is 18.0 Å². The molecule has 0 aromatic rings. The summed E-state index contributed by atoms with van der Waals surface area (Å²) in [5.74, 6) is 0.359. The third kappa shape index (κ3) is 2.99. The Hall–Kier alpha value is -0.970. The molecule has 0 fully saturated rings. The average Bonchev–Trinajstić information content (AvgIpc) is 2.38. The minimum Gasteiger partial charge on any atom is -0.390 e. The van der Waals surface area contributed by atoms with E-state index in [-0.39, 0.29) is 0 Å². The Morgan fingerprint density at radius 2 is 2.47 bits per heavy atom. The van der Waals surface area contributed by atoms with Gasteiger partial charge in [-0.25, -0.2) is 9.98 Å². The molecular formula is C10H18N4S. The fraction of sp³-hybridized carbons (Fsp3) is 0.600. The van der Waals surface area contributed by atoms with Crippen LogP contribution in [0.25, 0.3) is 0 Å². The summed E-state index contributed by atoms with van der Waals surface area (Å²) in [5.41, 5.74) is 6.28. The number of nitrogens with zero attached hydrogens (tertiary/aromatic N) is 2. The van der Waals surface area contributed by atoms with Crippen molar-refractivity contribution in [2.75, 3.05) is 6.26 Å². The van der Waals surface area contributed by atoms with Crippen LogP contribution in [0.5, 0.6) is 0 Å². The molecule has 5 heteroatoms. The van der Waals surface area contributed by atoms with E-state index < -0.39 is 0 Å². The summed E-state index contributed by atoms with van der Waals surface area (Å²) in [6.45, 7) is 4.29. The number of amidine groups is 1. The zero-order valence-corrected chi connectivity index (χ0v) is 10.2. The highest BCUT2D eigenvalue weighted by molar-refractivity contribution is 8.13. The van der Waals surface area contributed by atoms with Gasteiger partial charge in [-0.1, -0.05) is 18.7 Å². The van der Waals surface area contributed by atoms with Gasteiger partial charge >= 0.3 is 0 Å². The largest absolute Gasteiger partial charge is 0.390 e. The standard InChI is InChI=1S/C10H18N4S/c1-4-8-7(2)14-10(15-3)12-5-9(8)13-6-11/h5-8H,4H2,1-3H3,(H2,11,13)(H,12,14). The first-order valence-electron chi connectivity index (χ1n) is 5.05. The molecule has 0 saturated heterocycles. The summed E-state index contributed by atoms with van der Waals surface area (Å²) in [5, 5.41) is 4.30. The lowest BCUT2D eigenvalue weighted by Gasteiger charge is -2.22. The van der Waals surface area contributed by atoms with E-state index in [1.165, 1.54) is 6.34 Å². The third-order valence-electron chi connectivity index (χ3n) is 2.51. The number of nitrogens with one attached hydrogen (secondary N) is 1. The normalized spacial score (nSPS) is 26.9. The first kappa shape index (κ1) is 12.1. The minimum atomic E-state index is 0.332. The quantitative estimate of drug-likeness (QED) is 0.555. The molecule has 1 aliphatic heterocycles. The molecule has 0 spiro atoms. The van der Waals surface area contributed by atoms with Crippen LogP contribution in [0.3, 0.4) is 0 Å². The maximum atomic E-state index is 5.33. The predicted molar refractivity (Wildman–Crippen MR) is 68.1 cm³/mol. The number of aliphatic imine (C=N–C) groups is 2. The maximum absolute atomic E-state index is 5.33. The molecule has 1 rings (SSSR count). The second kappa shape index (κ2) is 5.80. The van der Waals surface area contributed by atoms with Gasteiger partial charge in [0.05, 0.1) is 18.2 Å². The highest BCUT2D eigenvalue weighted by Crippen LogP contribution is 2.23. The summed E-state index contributed by atoms with van der Waals surface area (Å²) in [7, 11) is 0. The molecule has 0 aromatic heterocycles. The van der Waals surface area contributed by atoms with Gasteiger partial charge < -0.3 is 11.1 Å². The van der Waals surface area contributed by atoms with Gasteiger partial charge in [0.1, 0.15) is 0 Å². The van der Waals surface area contributed by atoms with E-state index in [9.17, 15) is 0 Å². The van der Waals surface area contributed by atoms with Crippen molar-refractivity contribution >= 4 is 23.3 Å². The van der Waals surface area contributed by atoms with Gasteiger partial charge in [-0.3, -0.25) is 0 Å². The number of nitrogens with two attached hydrogens (primary N) is 1. The zero-order valence-electron chi connectivity index (χ0n) is 9.40. The van der Waals surface area contributed by atoms with Crippen molar-refractivity contribution in [3.63, 3.8) is 0 Å². The van der Waals surface area contributed by atoms with E-state index in [2.05, 4.69) is 29.1 Å². The van der Waals surface area contributed by atoms with Crippen LogP contribution in [0, 0.1) is 5.92 Å². The molecule has 84 valence electrons. The van der Waals surface area contributed by atoms with Gasteiger partial charge in [0.2, 0.25) is 0 Å². The number of hydrogen-bond acceptors (Lipinski definition) is 4. The van der Waals surface area contributed by atoms with Gasteiger partial charge in [-0.05, 0) is 19.6 Å². The number of hydrogen-bond donors (Lipinski definition) is 2. The zero-order chi connectivity index (χ0) is 11.3. The van der Waals surface area contributed by atoms with Crippen LogP contribution in [0.15, 0.2) is 21.9 Å². The van der Waals surface area contributed by atoms with Crippen molar-refractivity contribution in [1.29, 1.82) is 0 Å². The Kier molecular flexibility index (Phi) is 4.68. The topological polar surface area (TPSA) is 62.8 Å². The molecule has 4 nitrogen and oxygen atoms in total. The Bertz CT molecular complexity index is 296. The fourth-order valence-electron chi connectivity index (χ4n) is 1.70. The van der Waals surface area contributed by atoms with Crippen LogP contribution in [0.2, 0.25) is 0 Å². The molecule has 2 atom stereocenters. The monoisotopic (exact) mass is 226 g/mol. The molecule has 0 aromatic carbocycles. The van der Waals surface area contributed by atoms with Gasteiger partial charge in [0, 0.05) is 12.0 Å². The summed E-state index contributed by atoms with van der Waals surface area (Å²) >= 11 is 1.61. The molecule has 2 unspecified atom stereocenters. The molecule has 1 aliphatic rings. The SMILES string of the molecule is CCC1C(/N=C\N)=CN=C(SC)NC1C. The number of thioether (sulfide) groups is 1. The smallest absolute Gasteiger partial charge is 0.161 e. The molecule has 15 heavy (non-hydrogen) atoms. The average molecular weight is 226 g/mol. The molecule has 0 saturated carbocycles. The van der Waals surface area contributed by atoms with Gasteiger partial charge in [0.15, 0.2) is 5.17 Å². The van der Waals surface area contributed by atoms with E-state index in [0.717, 1.165) is 17.3 Å². The van der Waals surface area contributed by atoms with Gasteiger partial charge in [-0.2, -0.15) is 0 Å². The van der Waals surface area contributed by atoms with Crippen LogP contribution in [-0.4, -0.2) is 23.8 Å². The lowest BCUT2D eigenvalue weighted by molar-refractivity contribution is 0.462. The Morgan fingerprint density at radius 1 is 1.73 bits per heavy atom. The third-order valence-corrected chi connectivity index (χ3v) is 3.12. The van der Waals surface area contributed by atoms with E-state index >= 15 is 0 Å². The molecule has 3 N–H and O–H groups in total. The Labute approximate surface area is 95.1 Å². The second-order valence-electron chi connectivity index (χ2n) is 3.42. The molecule has 0 bridgehead atoms. The lowest BCUT2D eigenvalue weighted by Crippen LogP contribution is -2.35. The van der Waals surface area contributed by atoms with Crippen LogP contribution < -0.4 is 11.1 Å². The van der Waals surface area contributed by atoms with Gasteiger partial charge in [-0.15, -0.1) is 0 Å². The highest BCUT2D eigenvalue weighted by atomic mass is 32.2. The van der Waals surface area contributed by atoms with Crippen molar-refractivity contribution in [3.05, 3.63) is 11.9 Å². The fourth-order valence-corrected chi connectivity index (χ4v) is 2.16. The Morgan fingerprint density at radius 3 is 3.00 bits per heavy atom. The summed E-state index contributed by atoms with van der Waals surface area (Å²) in [4.78, 5) is 8.50. The first-order valence-corrected chi connectivity index (χ1v) is 6.28. The molecule has 0 aliphatic carbocycles. The van der Waals surface area contributed by atoms with Gasteiger partial charge in [0.25, 0.3) is 0 Å². The second-order valence-corrected chi connectivity index (χ2v) is 4.21. The summed E-state index contributed by atoms with van der Waals surface area (Å²) in [6, 6.07) is 0.332. The van der Waals surface area contributed by atoms with E-state index in [4.69, 9.17) is 5.73 Å². The molecule has 1 heterocycles. The summed E-state index contributed by atoms with van der Waals surface area (Å²) in [6.07, 6.45) is 6.17. The predicted octanol–water partition coefficient (Wildman–Crippen LogP) is 1.55. The lowest BCUT2D eigenvalue weighted by atomic mass is 9.95. The summed E-state index contributed by atoms with van der Waals surface area (Å²) < 4.78 is 0. The minimum absolute atomic E-state index is 0.332. The van der Waals surface area contributed by atoms with Crippen LogP contribution >= 0.6 is 11.8 Å². The van der Waals surface area contributed by atoms with Crippen molar-refractivity contribution in [2.45, 2.75) is 26.3 Å². The molecule has 0 radical (unpaired) electrons.